The molecule has 2 saturated heterocycles. The predicted octanol–water partition coefficient (Wildman–Crippen LogP) is 3.05. The van der Waals surface area contributed by atoms with Crippen molar-refractivity contribution >= 4 is 48.3 Å². The number of aromatic amines is 1. The van der Waals surface area contributed by atoms with E-state index in [1.807, 2.05) is 12.3 Å². The van der Waals surface area contributed by atoms with Crippen LogP contribution in [0.3, 0.4) is 0 Å². The van der Waals surface area contributed by atoms with Gasteiger partial charge in [0.05, 0.1) is 29.7 Å². The highest BCUT2D eigenvalue weighted by molar-refractivity contribution is 7.88. The number of benzene rings is 1. The molecule has 1 atom stereocenters. The first-order chi connectivity index (χ1) is 17.5. The molecule has 190 valence electrons. The smallest absolute Gasteiger partial charge is 0.211 e. The fourth-order valence-corrected chi connectivity index (χ4v) is 7.11. The van der Waals surface area contributed by atoms with Crippen molar-refractivity contribution in [1.29, 1.82) is 0 Å². The number of rotatable bonds is 7. The molecule has 1 unspecified atom stereocenters. The number of thiophene rings is 1. The summed E-state index contributed by atoms with van der Waals surface area (Å²) >= 11 is 1.73. The lowest BCUT2D eigenvalue weighted by Crippen LogP contribution is -2.36. The largest absolute Gasteiger partial charge is 0.378 e. The normalized spacial score (nSPS) is 19.6. The van der Waals surface area contributed by atoms with Gasteiger partial charge in [-0.1, -0.05) is 12.1 Å². The lowest BCUT2D eigenvalue weighted by Gasteiger charge is -2.28. The molecule has 2 fully saturated rings. The van der Waals surface area contributed by atoms with Gasteiger partial charge in [-0.25, -0.2) is 22.7 Å². The number of H-pyrrole nitrogens is 1. The summed E-state index contributed by atoms with van der Waals surface area (Å²) in [5.74, 6) is 2.05. The van der Waals surface area contributed by atoms with E-state index in [9.17, 15) is 8.42 Å². The number of nitrogens with zero attached hydrogens (tertiary/aromatic N) is 4. The molecule has 3 aromatic heterocycles. The average Bonchev–Trinajstić information content (AvgIpc) is 3.62. The van der Waals surface area contributed by atoms with Gasteiger partial charge in [0.25, 0.3) is 0 Å². The molecule has 0 amide bonds. The van der Waals surface area contributed by atoms with Gasteiger partial charge in [0.15, 0.2) is 11.6 Å². The third kappa shape index (κ3) is 4.73. The highest BCUT2D eigenvalue weighted by Crippen LogP contribution is 2.36. The molecule has 2 N–H and O–H groups in total. The molecule has 0 spiro atoms. The second-order valence-corrected chi connectivity index (χ2v) is 12.7. The molecular formula is C25H30N6O3S2. The van der Waals surface area contributed by atoms with Crippen molar-refractivity contribution in [2.24, 2.45) is 5.92 Å². The Bertz CT molecular complexity index is 1490. The van der Waals surface area contributed by atoms with Gasteiger partial charge in [-0.05, 0) is 37.1 Å². The van der Waals surface area contributed by atoms with Crippen molar-refractivity contribution in [3.63, 3.8) is 0 Å². The van der Waals surface area contributed by atoms with E-state index in [0.29, 0.717) is 32.2 Å². The molecule has 0 saturated carbocycles. The standard InChI is InChI=1S/C25H30N6O3S2/c1-36(32,33)31-8-6-17(16-31)14-26-15-18-13-22-23(35-18)25(30-9-11-34-12-10-30)29-24(28-22)20-3-2-4-21-19(20)5-7-27-21/h2-5,7,13,17,26-27H,6,8-12,14-16H2,1H3. The Labute approximate surface area is 214 Å². The van der Waals surface area contributed by atoms with Crippen molar-refractivity contribution < 1.29 is 13.2 Å². The molecule has 11 heteroatoms. The SMILES string of the molecule is CS(=O)(=O)N1CCC(CNCc2cc3nc(-c4cccc5[nH]ccc45)nc(N4CCOCC4)c3s2)C1. The first-order valence-corrected chi connectivity index (χ1v) is 15.0. The molecule has 2 aliphatic rings. The van der Waals surface area contributed by atoms with Gasteiger partial charge in [-0.15, -0.1) is 11.3 Å². The van der Waals surface area contributed by atoms with Crippen LogP contribution in [-0.4, -0.2) is 79.9 Å². The molecule has 2 aliphatic heterocycles. The van der Waals surface area contributed by atoms with Crippen LogP contribution in [0.25, 0.3) is 32.5 Å². The molecule has 36 heavy (non-hydrogen) atoms. The molecule has 0 aliphatic carbocycles. The van der Waals surface area contributed by atoms with Crippen LogP contribution in [0.1, 0.15) is 11.3 Å². The van der Waals surface area contributed by atoms with E-state index in [2.05, 4.69) is 39.5 Å². The molecular weight excluding hydrogens is 496 g/mol. The number of nitrogens with one attached hydrogen (secondary N) is 2. The third-order valence-corrected chi connectivity index (χ3v) is 9.39. The number of hydrogen-bond donors (Lipinski definition) is 2. The van der Waals surface area contributed by atoms with Crippen LogP contribution >= 0.6 is 11.3 Å². The number of ether oxygens (including phenoxy) is 1. The maximum Gasteiger partial charge on any atom is 0.211 e. The van der Waals surface area contributed by atoms with E-state index < -0.39 is 10.0 Å². The van der Waals surface area contributed by atoms with Gasteiger partial charge in [0.2, 0.25) is 10.0 Å². The van der Waals surface area contributed by atoms with Crippen LogP contribution in [0.5, 0.6) is 0 Å². The van der Waals surface area contributed by atoms with Gasteiger partial charge < -0.3 is 19.9 Å². The quantitative estimate of drug-likeness (QED) is 0.382. The van der Waals surface area contributed by atoms with Crippen LogP contribution in [0.2, 0.25) is 0 Å². The Morgan fingerprint density at radius 2 is 2.06 bits per heavy atom. The summed E-state index contributed by atoms with van der Waals surface area (Å²) in [6.45, 7) is 5.74. The van der Waals surface area contributed by atoms with Crippen LogP contribution < -0.4 is 10.2 Å². The zero-order valence-electron chi connectivity index (χ0n) is 20.2. The average molecular weight is 527 g/mol. The van der Waals surface area contributed by atoms with Crippen LogP contribution in [0, 0.1) is 5.92 Å². The van der Waals surface area contributed by atoms with Gasteiger partial charge >= 0.3 is 0 Å². The predicted molar refractivity (Wildman–Crippen MR) is 144 cm³/mol. The van der Waals surface area contributed by atoms with E-state index >= 15 is 0 Å². The Hall–Kier alpha value is -2.57. The number of fused-ring (bicyclic) bond motifs is 2. The zero-order chi connectivity index (χ0) is 24.7. The maximum absolute atomic E-state index is 11.8. The molecule has 0 radical (unpaired) electrons. The first-order valence-electron chi connectivity index (χ1n) is 12.3. The summed E-state index contributed by atoms with van der Waals surface area (Å²) in [6.07, 6.45) is 4.13. The van der Waals surface area contributed by atoms with E-state index in [4.69, 9.17) is 14.7 Å². The zero-order valence-corrected chi connectivity index (χ0v) is 21.9. The molecule has 9 nitrogen and oxygen atoms in total. The number of aromatic nitrogens is 3. The summed E-state index contributed by atoms with van der Waals surface area (Å²) in [4.78, 5) is 16.9. The van der Waals surface area contributed by atoms with Crippen molar-refractivity contribution in [3.8, 4) is 11.4 Å². The van der Waals surface area contributed by atoms with E-state index in [1.165, 1.54) is 11.1 Å². The van der Waals surface area contributed by atoms with Crippen LogP contribution in [-0.2, 0) is 21.3 Å². The molecule has 1 aromatic carbocycles. The van der Waals surface area contributed by atoms with Crippen molar-refractivity contribution in [1.82, 2.24) is 24.6 Å². The third-order valence-electron chi connectivity index (χ3n) is 7.00. The Morgan fingerprint density at radius 1 is 1.19 bits per heavy atom. The van der Waals surface area contributed by atoms with Gasteiger partial charge in [-0.2, -0.15) is 0 Å². The van der Waals surface area contributed by atoms with Gasteiger partial charge in [-0.3, -0.25) is 0 Å². The molecule has 4 aromatic rings. The van der Waals surface area contributed by atoms with E-state index in [-0.39, 0.29) is 0 Å². The monoisotopic (exact) mass is 526 g/mol. The number of morpholine rings is 1. The molecule has 6 rings (SSSR count). The summed E-state index contributed by atoms with van der Waals surface area (Å²) in [6, 6.07) is 10.4. The topological polar surface area (TPSA) is 103 Å². The van der Waals surface area contributed by atoms with Crippen molar-refractivity contribution in [2.75, 3.05) is 57.1 Å². The highest BCUT2D eigenvalue weighted by Gasteiger charge is 2.28. The van der Waals surface area contributed by atoms with Crippen molar-refractivity contribution in [3.05, 3.63) is 41.4 Å². The summed E-state index contributed by atoms with van der Waals surface area (Å²) < 4.78 is 31.9. The fourth-order valence-electron chi connectivity index (χ4n) is 5.11. The highest BCUT2D eigenvalue weighted by atomic mass is 32.2. The van der Waals surface area contributed by atoms with Crippen LogP contribution in [0.15, 0.2) is 36.5 Å². The minimum atomic E-state index is -3.11. The minimum Gasteiger partial charge on any atom is -0.378 e. The number of sulfonamides is 1. The lowest BCUT2D eigenvalue weighted by atomic mass is 10.1. The Morgan fingerprint density at radius 3 is 2.86 bits per heavy atom. The second-order valence-electron chi connectivity index (χ2n) is 9.55. The van der Waals surface area contributed by atoms with E-state index in [1.54, 1.807) is 15.6 Å². The fraction of sp³-hybridized carbons (Fsp3) is 0.440. The minimum absolute atomic E-state index is 0.339. The molecule has 5 heterocycles. The number of anilines is 1. The van der Waals surface area contributed by atoms with Crippen molar-refractivity contribution in [2.45, 2.75) is 13.0 Å². The summed E-state index contributed by atoms with van der Waals surface area (Å²) in [5.41, 5.74) is 3.05. The van der Waals surface area contributed by atoms with Gasteiger partial charge in [0, 0.05) is 60.3 Å². The maximum atomic E-state index is 11.8. The second kappa shape index (κ2) is 9.71. The summed E-state index contributed by atoms with van der Waals surface area (Å²) in [7, 11) is -3.11. The Balaban J connectivity index is 1.27. The lowest BCUT2D eigenvalue weighted by molar-refractivity contribution is 0.122. The Kier molecular flexibility index (Phi) is 6.42. The van der Waals surface area contributed by atoms with Crippen LogP contribution in [0.4, 0.5) is 5.82 Å². The van der Waals surface area contributed by atoms with E-state index in [0.717, 1.165) is 70.9 Å². The summed E-state index contributed by atoms with van der Waals surface area (Å²) in [5, 5.41) is 4.66. The first kappa shape index (κ1) is 23.8. The molecule has 0 bridgehead atoms. The number of hydrogen-bond acceptors (Lipinski definition) is 8. The van der Waals surface area contributed by atoms with Gasteiger partial charge in [0.1, 0.15) is 0 Å².